The van der Waals surface area contributed by atoms with Crippen LogP contribution >= 0.6 is 12.6 Å². The number of hydrogen-bond acceptors (Lipinski definition) is 2. The summed E-state index contributed by atoms with van der Waals surface area (Å²) in [6.07, 6.45) is 10.7. The fraction of sp³-hybridized carbons (Fsp3) is 0.571. The first-order chi connectivity index (χ1) is 8.24. The van der Waals surface area contributed by atoms with Crippen LogP contribution in [0.3, 0.4) is 0 Å². The number of pyridine rings is 1. The highest BCUT2D eigenvalue weighted by Gasteiger charge is 2.01. The Hall–Kier alpha value is -0.830. The molecule has 0 aliphatic heterocycles. The Morgan fingerprint density at radius 1 is 1.18 bits per heavy atom. The maximum Gasteiger partial charge on any atom is 0.234 e. The Kier molecular flexibility index (Phi) is 6.94. The fourth-order valence-corrected chi connectivity index (χ4v) is 1.94. The predicted octanol–water partition coefficient (Wildman–Crippen LogP) is 4.05. The lowest BCUT2D eigenvalue weighted by Crippen LogP contribution is -1.95. The van der Waals surface area contributed by atoms with Crippen LogP contribution in [0.4, 0.5) is 0 Å². The van der Waals surface area contributed by atoms with Crippen LogP contribution in [0.5, 0.6) is 0 Å². The van der Waals surface area contributed by atoms with E-state index in [4.69, 9.17) is 0 Å². The van der Waals surface area contributed by atoms with Crippen LogP contribution in [0.15, 0.2) is 18.3 Å². The maximum atomic E-state index is 10.9. The molecule has 3 heteroatoms. The van der Waals surface area contributed by atoms with Gasteiger partial charge in [-0.1, -0.05) is 57.7 Å². The molecule has 1 aromatic rings. The summed E-state index contributed by atoms with van der Waals surface area (Å²) in [6.45, 7) is 2.23. The van der Waals surface area contributed by atoms with E-state index in [1.165, 1.54) is 44.1 Å². The number of hydrogen-bond donors (Lipinski definition) is 1. The second kappa shape index (κ2) is 8.29. The summed E-state index contributed by atoms with van der Waals surface area (Å²) in [5.74, 6) is 0. The SMILES string of the molecule is CCCCCCCCc1ccc(C(=O)S)nc1. The van der Waals surface area contributed by atoms with Gasteiger partial charge in [0.2, 0.25) is 5.12 Å². The van der Waals surface area contributed by atoms with E-state index in [2.05, 4.69) is 24.5 Å². The maximum absolute atomic E-state index is 10.9. The molecule has 17 heavy (non-hydrogen) atoms. The summed E-state index contributed by atoms with van der Waals surface area (Å²) in [5.41, 5.74) is 1.64. The van der Waals surface area contributed by atoms with Gasteiger partial charge in [-0.05, 0) is 24.5 Å². The molecule has 1 aromatic heterocycles. The van der Waals surface area contributed by atoms with Crippen molar-refractivity contribution in [1.29, 1.82) is 0 Å². The molecule has 0 fully saturated rings. The molecule has 1 rings (SSSR count). The second-order valence-electron chi connectivity index (χ2n) is 4.37. The van der Waals surface area contributed by atoms with Gasteiger partial charge in [0.15, 0.2) is 0 Å². The van der Waals surface area contributed by atoms with Gasteiger partial charge < -0.3 is 0 Å². The van der Waals surface area contributed by atoms with Gasteiger partial charge >= 0.3 is 0 Å². The van der Waals surface area contributed by atoms with Crippen molar-refractivity contribution in [1.82, 2.24) is 4.98 Å². The van der Waals surface area contributed by atoms with Crippen LogP contribution in [0.1, 0.15) is 61.5 Å². The number of thiol groups is 1. The molecule has 0 amide bonds. The summed E-state index contributed by atoms with van der Waals surface area (Å²) < 4.78 is 0. The van der Waals surface area contributed by atoms with Crippen molar-refractivity contribution in [2.75, 3.05) is 0 Å². The lowest BCUT2D eigenvalue weighted by Gasteiger charge is -2.02. The molecule has 0 spiro atoms. The second-order valence-corrected chi connectivity index (χ2v) is 4.78. The first kappa shape index (κ1) is 14.2. The van der Waals surface area contributed by atoms with Crippen LogP contribution in [0.25, 0.3) is 0 Å². The minimum Gasteiger partial charge on any atom is -0.280 e. The average molecular weight is 251 g/mol. The van der Waals surface area contributed by atoms with Crippen LogP contribution in [-0.2, 0) is 6.42 Å². The Balaban J connectivity index is 2.21. The highest BCUT2D eigenvalue weighted by atomic mass is 32.1. The monoisotopic (exact) mass is 251 g/mol. The number of nitrogens with zero attached hydrogens (tertiary/aromatic N) is 1. The lowest BCUT2D eigenvalue weighted by atomic mass is 10.1. The van der Waals surface area contributed by atoms with E-state index in [0.29, 0.717) is 5.69 Å². The Labute approximate surface area is 109 Å². The van der Waals surface area contributed by atoms with E-state index >= 15 is 0 Å². The third-order valence-corrected chi connectivity index (χ3v) is 3.09. The highest BCUT2D eigenvalue weighted by Crippen LogP contribution is 2.10. The smallest absolute Gasteiger partial charge is 0.234 e. The van der Waals surface area contributed by atoms with Crippen molar-refractivity contribution >= 4 is 17.7 Å². The standard InChI is InChI=1S/C14H21NOS/c1-2-3-4-5-6-7-8-12-9-10-13(14(16)17)15-11-12/h9-11H,2-8H2,1H3,(H,16,17). The van der Waals surface area contributed by atoms with Crippen molar-refractivity contribution < 1.29 is 4.79 Å². The van der Waals surface area contributed by atoms with Gasteiger partial charge in [-0.2, -0.15) is 0 Å². The molecule has 94 valence electrons. The largest absolute Gasteiger partial charge is 0.280 e. The summed E-state index contributed by atoms with van der Waals surface area (Å²) in [5, 5.41) is -0.267. The lowest BCUT2D eigenvalue weighted by molar-refractivity contribution is 0.108. The minimum atomic E-state index is -0.267. The molecule has 0 aliphatic rings. The highest BCUT2D eigenvalue weighted by molar-refractivity contribution is 7.97. The van der Waals surface area contributed by atoms with Crippen LogP contribution in [0.2, 0.25) is 0 Å². The number of unbranched alkanes of at least 4 members (excludes halogenated alkanes) is 5. The number of rotatable bonds is 8. The molecule has 0 aliphatic carbocycles. The van der Waals surface area contributed by atoms with Gasteiger partial charge in [-0.15, -0.1) is 0 Å². The Bertz CT molecular complexity index is 335. The van der Waals surface area contributed by atoms with Gasteiger partial charge in [0.05, 0.1) is 0 Å². The van der Waals surface area contributed by atoms with Gasteiger partial charge in [-0.3, -0.25) is 9.78 Å². The van der Waals surface area contributed by atoms with E-state index in [1.807, 2.05) is 6.07 Å². The third-order valence-electron chi connectivity index (χ3n) is 2.86. The third kappa shape index (κ3) is 5.87. The molecule has 2 nitrogen and oxygen atoms in total. The molecule has 0 bridgehead atoms. The number of carbonyl (C=O) groups excluding carboxylic acids is 1. The zero-order valence-electron chi connectivity index (χ0n) is 10.5. The van der Waals surface area contributed by atoms with Gasteiger partial charge in [0.1, 0.15) is 5.69 Å². The average Bonchev–Trinajstić information content (AvgIpc) is 2.34. The molecule has 0 radical (unpaired) electrons. The first-order valence-corrected chi connectivity index (χ1v) is 6.87. The summed E-state index contributed by atoms with van der Waals surface area (Å²) in [7, 11) is 0. The molecule has 0 N–H and O–H groups in total. The van der Waals surface area contributed by atoms with E-state index < -0.39 is 0 Å². The summed E-state index contributed by atoms with van der Waals surface area (Å²) in [6, 6.07) is 3.73. The van der Waals surface area contributed by atoms with Crippen LogP contribution < -0.4 is 0 Å². The first-order valence-electron chi connectivity index (χ1n) is 6.42. The molecule has 0 atom stereocenters. The zero-order chi connectivity index (χ0) is 12.5. The van der Waals surface area contributed by atoms with Gasteiger partial charge in [-0.25, -0.2) is 0 Å². The Morgan fingerprint density at radius 2 is 1.88 bits per heavy atom. The number of aryl methyl sites for hydroxylation is 1. The quantitative estimate of drug-likeness (QED) is 0.558. The van der Waals surface area contributed by atoms with E-state index in [1.54, 1.807) is 12.3 Å². The van der Waals surface area contributed by atoms with Gasteiger partial charge in [0.25, 0.3) is 0 Å². The predicted molar refractivity (Wildman–Crippen MR) is 74.6 cm³/mol. The van der Waals surface area contributed by atoms with Crippen LogP contribution in [-0.4, -0.2) is 10.1 Å². The minimum absolute atomic E-state index is 0.267. The molecule has 0 saturated heterocycles. The van der Waals surface area contributed by atoms with E-state index in [-0.39, 0.29) is 5.12 Å². The van der Waals surface area contributed by atoms with Crippen molar-refractivity contribution in [3.63, 3.8) is 0 Å². The molecule has 0 saturated carbocycles. The van der Waals surface area contributed by atoms with E-state index in [0.717, 1.165) is 6.42 Å². The normalized spacial score (nSPS) is 10.5. The van der Waals surface area contributed by atoms with E-state index in [9.17, 15) is 4.79 Å². The fourth-order valence-electron chi connectivity index (χ4n) is 1.81. The molecular weight excluding hydrogens is 230 g/mol. The van der Waals surface area contributed by atoms with Crippen LogP contribution in [0, 0.1) is 0 Å². The molecule has 0 aromatic carbocycles. The zero-order valence-corrected chi connectivity index (χ0v) is 11.4. The summed E-state index contributed by atoms with van der Waals surface area (Å²) >= 11 is 3.74. The molecular formula is C14H21NOS. The molecule has 1 heterocycles. The Morgan fingerprint density at radius 3 is 2.47 bits per heavy atom. The summed E-state index contributed by atoms with van der Waals surface area (Å²) in [4.78, 5) is 15.0. The van der Waals surface area contributed by atoms with Crippen molar-refractivity contribution in [2.45, 2.75) is 51.9 Å². The topological polar surface area (TPSA) is 30.0 Å². The van der Waals surface area contributed by atoms with Crippen molar-refractivity contribution in [3.05, 3.63) is 29.6 Å². The number of carbonyl (C=O) groups is 1. The van der Waals surface area contributed by atoms with Gasteiger partial charge in [0, 0.05) is 6.20 Å². The van der Waals surface area contributed by atoms with Crippen molar-refractivity contribution in [2.24, 2.45) is 0 Å². The number of aromatic nitrogens is 1. The van der Waals surface area contributed by atoms with Crippen molar-refractivity contribution in [3.8, 4) is 0 Å². The molecule has 0 unspecified atom stereocenters.